The molecule has 0 fully saturated rings. The molecule has 40 heavy (non-hydrogen) atoms. The maximum absolute atomic E-state index is 13.1. The Labute approximate surface area is 227 Å². The van der Waals surface area contributed by atoms with Crippen LogP contribution in [0.3, 0.4) is 0 Å². The Morgan fingerprint density at radius 1 is 0.450 bits per heavy atom. The molecule has 200 valence electrons. The number of carboxylic acid groups (broad SMARTS) is 1. The van der Waals surface area contributed by atoms with Crippen molar-refractivity contribution >= 4 is 29.8 Å². The summed E-state index contributed by atoms with van der Waals surface area (Å²) >= 11 is 0. The highest BCUT2D eigenvalue weighted by atomic mass is 16.6. The number of benzene rings is 4. The van der Waals surface area contributed by atoms with E-state index in [9.17, 15) is 29.1 Å². The van der Waals surface area contributed by atoms with Crippen LogP contribution in [0.1, 0.15) is 48.4 Å². The first-order chi connectivity index (χ1) is 19.2. The van der Waals surface area contributed by atoms with Gasteiger partial charge in [0.15, 0.2) is 0 Å². The van der Waals surface area contributed by atoms with Crippen molar-refractivity contribution in [2.45, 2.75) is 6.92 Å². The molecule has 1 N–H and O–H groups in total. The molecule has 0 radical (unpaired) electrons. The molecule has 0 aliphatic carbocycles. The Morgan fingerprint density at radius 2 is 0.725 bits per heavy atom. The summed E-state index contributed by atoms with van der Waals surface area (Å²) in [4.78, 5) is 61.7. The van der Waals surface area contributed by atoms with E-state index in [2.05, 4.69) is 0 Å². The largest absolute Gasteiger partial charge is 0.478 e. The predicted molar refractivity (Wildman–Crippen MR) is 139 cm³/mol. The molecule has 0 aliphatic heterocycles. The third kappa shape index (κ3) is 6.37. The lowest BCUT2D eigenvalue weighted by Gasteiger charge is -2.13. The first-order valence-corrected chi connectivity index (χ1v) is 11.7. The van der Waals surface area contributed by atoms with Crippen molar-refractivity contribution in [3.63, 3.8) is 0 Å². The summed E-state index contributed by atoms with van der Waals surface area (Å²) < 4.78 is 21.2. The van der Waals surface area contributed by atoms with Gasteiger partial charge >= 0.3 is 29.8 Å². The van der Waals surface area contributed by atoms with Crippen molar-refractivity contribution in [2.24, 2.45) is 0 Å². The number of ether oxygens (including phenoxy) is 4. The van der Waals surface area contributed by atoms with Gasteiger partial charge in [0.05, 0.1) is 0 Å². The minimum absolute atomic E-state index is 0.0167. The molecular formula is C30H20O10. The summed E-state index contributed by atoms with van der Waals surface area (Å²) in [6.07, 6.45) is 0. The number of hydrogen-bond acceptors (Lipinski definition) is 9. The van der Waals surface area contributed by atoms with Crippen molar-refractivity contribution in [1.82, 2.24) is 0 Å². The molecule has 4 aromatic carbocycles. The van der Waals surface area contributed by atoms with E-state index in [0.29, 0.717) is 0 Å². The minimum atomic E-state index is -1.29. The van der Waals surface area contributed by atoms with Crippen LogP contribution in [0.2, 0.25) is 0 Å². The van der Waals surface area contributed by atoms with E-state index in [1.165, 1.54) is 91.9 Å². The van der Waals surface area contributed by atoms with E-state index in [4.69, 9.17) is 18.9 Å². The Balaban J connectivity index is 1.56. The Morgan fingerprint density at radius 3 is 1.05 bits per heavy atom. The average molecular weight is 540 g/mol. The molecule has 0 saturated heterocycles. The van der Waals surface area contributed by atoms with Gasteiger partial charge in [-0.1, -0.05) is 48.5 Å². The lowest BCUT2D eigenvalue weighted by Crippen LogP contribution is -2.17. The van der Waals surface area contributed by atoms with Crippen LogP contribution in [0.4, 0.5) is 0 Å². The zero-order chi connectivity index (χ0) is 28.6. The zero-order valence-corrected chi connectivity index (χ0v) is 20.9. The van der Waals surface area contributed by atoms with Gasteiger partial charge in [-0.15, -0.1) is 0 Å². The SMILES string of the molecule is CC(=O)Oc1ccccc1C(=O)Oc1ccccc1C(=O)Oc1ccccc1C(=O)Oc1ccccc1C(=O)O. The van der Waals surface area contributed by atoms with E-state index in [0.717, 1.165) is 0 Å². The highest BCUT2D eigenvalue weighted by molar-refractivity contribution is 6.01. The minimum Gasteiger partial charge on any atom is -0.478 e. The zero-order valence-electron chi connectivity index (χ0n) is 20.9. The lowest BCUT2D eigenvalue weighted by atomic mass is 10.1. The summed E-state index contributed by atoms with van der Waals surface area (Å²) in [5.41, 5.74) is -0.562. The lowest BCUT2D eigenvalue weighted by molar-refractivity contribution is -0.131. The average Bonchev–Trinajstić information content (AvgIpc) is 2.93. The fourth-order valence-electron chi connectivity index (χ4n) is 3.52. The molecular weight excluding hydrogens is 520 g/mol. The first kappa shape index (κ1) is 27.3. The van der Waals surface area contributed by atoms with E-state index in [1.807, 2.05) is 0 Å². The van der Waals surface area contributed by atoms with Gasteiger partial charge in [0, 0.05) is 6.92 Å². The third-order valence-corrected chi connectivity index (χ3v) is 5.30. The van der Waals surface area contributed by atoms with Crippen LogP contribution >= 0.6 is 0 Å². The fourth-order valence-corrected chi connectivity index (χ4v) is 3.52. The molecule has 0 amide bonds. The predicted octanol–water partition coefficient (Wildman–Crippen LogP) is 4.97. The van der Waals surface area contributed by atoms with Crippen LogP contribution in [0.25, 0.3) is 0 Å². The van der Waals surface area contributed by atoms with Crippen molar-refractivity contribution < 1.29 is 48.0 Å². The number of carbonyl (C=O) groups excluding carboxylic acids is 4. The number of hydrogen-bond donors (Lipinski definition) is 1. The summed E-state index contributed by atoms with van der Waals surface area (Å²) in [7, 11) is 0. The highest BCUT2D eigenvalue weighted by Crippen LogP contribution is 2.27. The van der Waals surface area contributed by atoms with Gasteiger partial charge < -0.3 is 24.1 Å². The van der Waals surface area contributed by atoms with Crippen LogP contribution in [0.15, 0.2) is 97.1 Å². The van der Waals surface area contributed by atoms with Crippen LogP contribution < -0.4 is 18.9 Å². The highest BCUT2D eigenvalue weighted by Gasteiger charge is 2.23. The molecule has 0 atom stereocenters. The van der Waals surface area contributed by atoms with Gasteiger partial charge in [-0.2, -0.15) is 0 Å². The van der Waals surface area contributed by atoms with Crippen LogP contribution in [0.5, 0.6) is 23.0 Å². The second-order valence-corrected chi connectivity index (χ2v) is 8.05. The molecule has 0 aromatic heterocycles. The number of carbonyl (C=O) groups is 5. The number of para-hydroxylation sites is 4. The molecule has 10 heteroatoms. The van der Waals surface area contributed by atoms with Gasteiger partial charge in [-0.3, -0.25) is 4.79 Å². The van der Waals surface area contributed by atoms with Gasteiger partial charge in [-0.05, 0) is 48.5 Å². The topological polar surface area (TPSA) is 143 Å². The number of aromatic carboxylic acids is 1. The van der Waals surface area contributed by atoms with Gasteiger partial charge in [0.2, 0.25) is 0 Å². The standard InChI is InChI=1S/C30H20O10/c1-18(31)37-24-15-7-3-11-20(24)28(34)39-26-17-9-5-13-22(26)30(36)40-25-16-8-4-12-21(25)29(35)38-23-14-6-2-10-19(23)27(32)33/h2-17H,1H3,(H,32,33). The molecule has 0 saturated carbocycles. The second kappa shape index (κ2) is 12.2. The fraction of sp³-hybridized carbons (Fsp3) is 0.0333. The molecule has 0 heterocycles. The van der Waals surface area contributed by atoms with E-state index < -0.39 is 29.8 Å². The first-order valence-electron chi connectivity index (χ1n) is 11.7. The van der Waals surface area contributed by atoms with Gasteiger partial charge in [0.25, 0.3) is 0 Å². The maximum Gasteiger partial charge on any atom is 0.347 e. The van der Waals surface area contributed by atoms with Crippen molar-refractivity contribution in [1.29, 1.82) is 0 Å². The summed E-state index contributed by atoms with van der Waals surface area (Å²) in [5.74, 6) is -5.25. The summed E-state index contributed by atoms with van der Waals surface area (Å²) in [6, 6.07) is 23.0. The normalized spacial score (nSPS) is 10.2. The smallest absolute Gasteiger partial charge is 0.347 e. The monoisotopic (exact) mass is 540 g/mol. The summed E-state index contributed by atoms with van der Waals surface area (Å²) in [6.45, 7) is 1.19. The quantitative estimate of drug-likeness (QED) is 0.240. The second-order valence-electron chi connectivity index (χ2n) is 8.05. The van der Waals surface area contributed by atoms with Crippen molar-refractivity contribution in [3.8, 4) is 23.0 Å². The van der Waals surface area contributed by atoms with Gasteiger partial charge in [0.1, 0.15) is 45.3 Å². The molecule has 4 rings (SSSR count). The Hall–Kier alpha value is -5.77. The van der Waals surface area contributed by atoms with E-state index in [-0.39, 0.29) is 45.3 Å². The third-order valence-electron chi connectivity index (χ3n) is 5.30. The number of carboxylic acids is 1. The number of esters is 4. The Kier molecular flexibility index (Phi) is 8.31. The van der Waals surface area contributed by atoms with Crippen LogP contribution in [0, 0.1) is 0 Å². The molecule has 0 unspecified atom stereocenters. The van der Waals surface area contributed by atoms with E-state index in [1.54, 1.807) is 12.1 Å². The van der Waals surface area contributed by atoms with Crippen molar-refractivity contribution in [3.05, 3.63) is 119 Å². The molecule has 0 aliphatic rings. The van der Waals surface area contributed by atoms with Crippen molar-refractivity contribution in [2.75, 3.05) is 0 Å². The van der Waals surface area contributed by atoms with Gasteiger partial charge in [-0.25, -0.2) is 19.2 Å². The van der Waals surface area contributed by atoms with Crippen LogP contribution in [-0.4, -0.2) is 35.0 Å². The number of rotatable bonds is 8. The molecule has 4 aromatic rings. The summed E-state index contributed by atoms with van der Waals surface area (Å²) in [5, 5.41) is 9.35. The molecule has 0 bridgehead atoms. The maximum atomic E-state index is 13.1. The van der Waals surface area contributed by atoms with E-state index >= 15 is 0 Å². The molecule has 0 spiro atoms. The Bertz CT molecular complexity index is 1620. The van der Waals surface area contributed by atoms with Crippen LogP contribution in [-0.2, 0) is 4.79 Å². The molecule has 10 nitrogen and oxygen atoms in total.